The Bertz CT molecular complexity index is 297. The van der Waals surface area contributed by atoms with Crippen molar-refractivity contribution in [3.8, 4) is 0 Å². The molecule has 0 amide bonds. The average Bonchev–Trinajstić information content (AvgIpc) is 2.09. The Kier molecular flexibility index (Phi) is 3.25. The van der Waals surface area contributed by atoms with Crippen LogP contribution in [0.15, 0.2) is 12.3 Å². The molecule has 72 valence electrons. The summed E-state index contributed by atoms with van der Waals surface area (Å²) in [5, 5.41) is 0. The first-order valence-corrected chi connectivity index (χ1v) is 4.47. The van der Waals surface area contributed by atoms with Gasteiger partial charge in [-0.3, -0.25) is 0 Å². The summed E-state index contributed by atoms with van der Waals surface area (Å²) in [6.45, 7) is 5.32. The van der Waals surface area contributed by atoms with Gasteiger partial charge in [-0.25, -0.2) is 4.57 Å². The van der Waals surface area contributed by atoms with Crippen molar-refractivity contribution in [2.45, 2.75) is 20.5 Å². The summed E-state index contributed by atoms with van der Waals surface area (Å²) >= 11 is 0. The second-order valence-electron chi connectivity index (χ2n) is 3.14. The lowest BCUT2D eigenvalue weighted by molar-refractivity contribution is -0.678. The Morgan fingerprint density at radius 1 is 1.54 bits per heavy atom. The first-order valence-electron chi connectivity index (χ1n) is 4.47. The summed E-state index contributed by atoms with van der Waals surface area (Å²) in [6.07, 6.45) is 2.01. The van der Waals surface area contributed by atoms with Crippen molar-refractivity contribution in [3.63, 3.8) is 0 Å². The monoisotopic (exact) mass is 181 g/mol. The second kappa shape index (κ2) is 4.23. The quantitative estimate of drug-likeness (QED) is 0.705. The third kappa shape index (κ3) is 2.42. The maximum Gasteiger partial charge on any atom is 0.180 e. The summed E-state index contributed by atoms with van der Waals surface area (Å²) < 4.78 is 7.35. The lowest BCUT2D eigenvalue weighted by atomic mass is 10.2. The predicted molar refractivity (Wildman–Crippen MR) is 52.1 cm³/mol. The topological polar surface area (TPSA) is 39.1 Å². The van der Waals surface area contributed by atoms with Crippen LogP contribution in [0.3, 0.4) is 0 Å². The van der Waals surface area contributed by atoms with Crippen LogP contribution in [0.2, 0.25) is 0 Å². The number of nitrogen functional groups attached to an aromatic ring is 1. The summed E-state index contributed by atoms with van der Waals surface area (Å²) in [5.74, 6) is 0. The standard InChI is InChI=1S/C10H16N2O/c1-4-13-7-9-6-12(3)8(2)5-10(9)11/h5-6,11H,4,7H2,1-3H3/p+1. The maximum atomic E-state index is 5.84. The van der Waals surface area contributed by atoms with Crippen LogP contribution in [0.5, 0.6) is 0 Å². The van der Waals surface area contributed by atoms with Crippen LogP contribution in [0, 0.1) is 6.92 Å². The van der Waals surface area contributed by atoms with Crippen LogP contribution in [0.25, 0.3) is 0 Å². The zero-order valence-corrected chi connectivity index (χ0v) is 8.50. The van der Waals surface area contributed by atoms with Gasteiger partial charge in [0.2, 0.25) is 0 Å². The highest BCUT2D eigenvalue weighted by atomic mass is 16.5. The van der Waals surface area contributed by atoms with Crippen LogP contribution >= 0.6 is 0 Å². The van der Waals surface area contributed by atoms with Gasteiger partial charge in [-0.1, -0.05) is 0 Å². The third-order valence-electron chi connectivity index (χ3n) is 2.10. The van der Waals surface area contributed by atoms with Gasteiger partial charge in [0.15, 0.2) is 11.9 Å². The minimum absolute atomic E-state index is 0.594. The SMILES string of the molecule is CCOCc1c[n+](C)c(C)cc1N. The fraction of sp³-hybridized carbons (Fsp3) is 0.500. The highest BCUT2D eigenvalue weighted by Crippen LogP contribution is 2.10. The van der Waals surface area contributed by atoms with E-state index in [-0.39, 0.29) is 0 Å². The number of nitrogens with zero attached hydrogens (tertiary/aromatic N) is 1. The van der Waals surface area contributed by atoms with Gasteiger partial charge >= 0.3 is 0 Å². The largest absolute Gasteiger partial charge is 0.398 e. The molecular formula is C10H17N2O+. The van der Waals surface area contributed by atoms with Gasteiger partial charge in [0.1, 0.15) is 7.05 Å². The lowest BCUT2D eigenvalue weighted by Gasteiger charge is -2.04. The normalized spacial score (nSPS) is 10.4. The molecule has 0 aliphatic rings. The molecule has 2 N–H and O–H groups in total. The summed E-state index contributed by atoms with van der Waals surface area (Å²) in [6, 6.07) is 1.97. The molecule has 0 radical (unpaired) electrons. The average molecular weight is 181 g/mol. The molecule has 0 saturated carbocycles. The highest BCUT2D eigenvalue weighted by molar-refractivity contribution is 5.44. The predicted octanol–water partition coefficient (Wildman–Crippen LogP) is 0.938. The number of aromatic nitrogens is 1. The van der Waals surface area contributed by atoms with Crippen molar-refractivity contribution in [3.05, 3.63) is 23.5 Å². The van der Waals surface area contributed by atoms with Gasteiger partial charge in [-0.2, -0.15) is 0 Å². The zero-order valence-electron chi connectivity index (χ0n) is 8.50. The van der Waals surface area contributed by atoms with Crippen LogP contribution in [-0.2, 0) is 18.4 Å². The molecule has 1 aromatic heterocycles. The van der Waals surface area contributed by atoms with E-state index in [2.05, 4.69) is 0 Å². The highest BCUT2D eigenvalue weighted by Gasteiger charge is 2.07. The Morgan fingerprint density at radius 2 is 2.23 bits per heavy atom. The minimum atomic E-state index is 0.594. The van der Waals surface area contributed by atoms with Crippen LogP contribution < -0.4 is 10.3 Å². The first kappa shape index (κ1) is 9.99. The van der Waals surface area contributed by atoms with Crippen molar-refractivity contribution in [2.24, 2.45) is 7.05 Å². The fourth-order valence-corrected chi connectivity index (χ4v) is 1.16. The number of hydrogen-bond donors (Lipinski definition) is 1. The molecule has 3 heteroatoms. The van der Waals surface area contributed by atoms with E-state index in [1.807, 2.05) is 37.7 Å². The molecule has 0 spiro atoms. The molecule has 0 unspecified atom stereocenters. The van der Waals surface area contributed by atoms with Crippen LogP contribution in [-0.4, -0.2) is 6.61 Å². The van der Waals surface area contributed by atoms with Crippen molar-refractivity contribution in [1.82, 2.24) is 0 Å². The molecule has 13 heavy (non-hydrogen) atoms. The molecule has 3 nitrogen and oxygen atoms in total. The minimum Gasteiger partial charge on any atom is -0.398 e. The van der Waals surface area contributed by atoms with E-state index in [1.165, 1.54) is 0 Å². The zero-order chi connectivity index (χ0) is 9.84. The molecule has 0 aliphatic heterocycles. The van der Waals surface area contributed by atoms with E-state index < -0.39 is 0 Å². The lowest BCUT2D eigenvalue weighted by Crippen LogP contribution is -2.32. The molecule has 1 heterocycles. The van der Waals surface area contributed by atoms with Gasteiger partial charge in [-0.15, -0.1) is 0 Å². The molecule has 1 rings (SSSR count). The number of nitrogens with two attached hydrogens (primary N) is 1. The second-order valence-corrected chi connectivity index (χ2v) is 3.14. The molecule has 0 saturated heterocycles. The smallest absolute Gasteiger partial charge is 0.180 e. The van der Waals surface area contributed by atoms with E-state index in [4.69, 9.17) is 10.5 Å². The molecule has 0 atom stereocenters. The third-order valence-corrected chi connectivity index (χ3v) is 2.10. The number of hydrogen-bond acceptors (Lipinski definition) is 2. The number of ether oxygens (including phenoxy) is 1. The van der Waals surface area contributed by atoms with E-state index in [0.717, 1.165) is 23.6 Å². The van der Waals surface area contributed by atoms with Crippen LogP contribution in [0.1, 0.15) is 18.2 Å². The Balaban J connectivity index is 2.88. The Hall–Kier alpha value is -1.09. The summed E-state index contributed by atoms with van der Waals surface area (Å²) in [5.41, 5.74) is 8.85. The molecule has 0 bridgehead atoms. The van der Waals surface area contributed by atoms with E-state index >= 15 is 0 Å². The Morgan fingerprint density at radius 3 is 2.85 bits per heavy atom. The van der Waals surface area contributed by atoms with Crippen molar-refractivity contribution in [2.75, 3.05) is 12.3 Å². The Labute approximate surface area is 79.1 Å². The number of aryl methyl sites for hydroxylation is 2. The first-order chi connectivity index (χ1) is 6.15. The fourth-order valence-electron chi connectivity index (χ4n) is 1.16. The summed E-state index contributed by atoms with van der Waals surface area (Å²) in [7, 11) is 2.00. The van der Waals surface area contributed by atoms with Gasteiger partial charge in [0.25, 0.3) is 0 Å². The number of anilines is 1. The van der Waals surface area contributed by atoms with Gasteiger partial charge in [0.05, 0.1) is 12.2 Å². The van der Waals surface area contributed by atoms with E-state index in [9.17, 15) is 0 Å². The number of rotatable bonds is 3. The van der Waals surface area contributed by atoms with E-state index in [0.29, 0.717) is 6.61 Å². The number of pyridine rings is 1. The molecule has 1 aromatic rings. The summed E-state index contributed by atoms with van der Waals surface area (Å²) in [4.78, 5) is 0. The van der Waals surface area contributed by atoms with Crippen molar-refractivity contribution >= 4 is 5.69 Å². The maximum absolute atomic E-state index is 5.84. The molecule has 0 aromatic carbocycles. The van der Waals surface area contributed by atoms with Crippen LogP contribution in [0.4, 0.5) is 5.69 Å². The van der Waals surface area contributed by atoms with Crippen molar-refractivity contribution in [1.29, 1.82) is 0 Å². The van der Waals surface area contributed by atoms with Crippen molar-refractivity contribution < 1.29 is 9.30 Å². The van der Waals surface area contributed by atoms with Gasteiger partial charge < -0.3 is 10.5 Å². The van der Waals surface area contributed by atoms with E-state index in [1.54, 1.807) is 0 Å². The molecule has 0 fully saturated rings. The molecular weight excluding hydrogens is 164 g/mol. The van der Waals surface area contributed by atoms with Gasteiger partial charge in [-0.05, 0) is 6.92 Å². The molecule has 0 aliphatic carbocycles. The van der Waals surface area contributed by atoms with Gasteiger partial charge in [0, 0.05) is 25.3 Å².